The van der Waals surface area contributed by atoms with Gasteiger partial charge in [0.1, 0.15) is 0 Å². The maximum Gasteiger partial charge on any atom is 0.270 e. The molecule has 0 fully saturated rings. The molecule has 1 aliphatic rings. The predicted octanol–water partition coefficient (Wildman–Crippen LogP) is 3.14. The average molecular weight is 354 g/mol. The fraction of sp³-hybridized carbons (Fsp3) is 0.368. The standard InChI is InChI=1S/C19H22N4O3/c1-19(2,3)22-17-9-10-21(13-15(17)12-20-22)18(24)8-7-14-5-4-6-16(11-14)23(25)26/h4-8,11-12H,9-10,13H2,1-3H3/b8-7+. The molecule has 0 radical (unpaired) electrons. The van der Waals surface area contributed by atoms with Crippen molar-refractivity contribution in [3.8, 4) is 0 Å². The highest BCUT2D eigenvalue weighted by atomic mass is 16.6. The Labute approximate surface area is 152 Å². The molecule has 136 valence electrons. The smallest absolute Gasteiger partial charge is 0.270 e. The molecule has 7 heteroatoms. The number of fused-ring (bicyclic) bond motifs is 1. The number of non-ortho nitro benzene ring substituents is 1. The minimum absolute atomic E-state index is 0.0109. The maximum atomic E-state index is 12.5. The van der Waals surface area contributed by atoms with Gasteiger partial charge in [0.2, 0.25) is 5.91 Å². The molecule has 1 aromatic heterocycles. The van der Waals surface area contributed by atoms with Crippen LogP contribution in [0, 0.1) is 10.1 Å². The Morgan fingerprint density at radius 2 is 2.12 bits per heavy atom. The lowest BCUT2D eigenvalue weighted by atomic mass is 10.0. The summed E-state index contributed by atoms with van der Waals surface area (Å²) < 4.78 is 2.03. The van der Waals surface area contributed by atoms with Crippen LogP contribution in [0.5, 0.6) is 0 Å². The molecule has 2 heterocycles. The van der Waals surface area contributed by atoms with Crippen molar-refractivity contribution in [2.24, 2.45) is 0 Å². The van der Waals surface area contributed by atoms with Crippen LogP contribution in [0.15, 0.2) is 36.5 Å². The van der Waals surface area contributed by atoms with Gasteiger partial charge >= 0.3 is 0 Å². The first-order valence-corrected chi connectivity index (χ1v) is 8.53. The Bertz CT molecular complexity index is 877. The van der Waals surface area contributed by atoms with Crippen LogP contribution in [-0.2, 0) is 23.3 Å². The summed E-state index contributed by atoms with van der Waals surface area (Å²) in [7, 11) is 0. The first kappa shape index (κ1) is 17.8. The fourth-order valence-electron chi connectivity index (χ4n) is 3.11. The van der Waals surface area contributed by atoms with Crippen LogP contribution < -0.4 is 0 Å². The molecule has 0 aliphatic carbocycles. The summed E-state index contributed by atoms with van der Waals surface area (Å²) in [5, 5.41) is 15.3. The van der Waals surface area contributed by atoms with Crippen molar-refractivity contribution in [1.82, 2.24) is 14.7 Å². The topological polar surface area (TPSA) is 81.3 Å². The molecule has 0 saturated heterocycles. The summed E-state index contributed by atoms with van der Waals surface area (Å²) in [6, 6.07) is 6.22. The van der Waals surface area contributed by atoms with Gasteiger partial charge in [-0.25, -0.2) is 0 Å². The van der Waals surface area contributed by atoms with E-state index in [1.807, 2.05) is 10.9 Å². The van der Waals surface area contributed by atoms with Crippen molar-refractivity contribution in [3.63, 3.8) is 0 Å². The van der Waals surface area contributed by atoms with E-state index in [0.717, 1.165) is 12.0 Å². The summed E-state index contributed by atoms with van der Waals surface area (Å²) in [5.41, 5.74) is 2.82. The fourth-order valence-corrected chi connectivity index (χ4v) is 3.11. The molecular weight excluding hydrogens is 332 g/mol. The van der Waals surface area contributed by atoms with Gasteiger partial charge in [0.25, 0.3) is 5.69 Å². The number of amides is 1. The van der Waals surface area contributed by atoms with Crippen LogP contribution in [0.2, 0.25) is 0 Å². The van der Waals surface area contributed by atoms with E-state index in [0.29, 0.717) is 18.7 Å². The Balaban J connectivity index is 1.71. The lowest BCUT2D eigenvalue weighted by Gasteiger charge is -2.29. The Morgan fingerprint density at radius 1 is 1.35 bits per heavy atom. The van der Waals surface area contributed by atoms with Crippen molar-refractivity contribution < 1.29 is 9.72 Å². The number of hydrogen-bond donors (Lipinski definition) is 0. The van der Waals surface area contributed by atoms with Crippen molar-refractivity contribution in [1.29, 1.82) is 0 Å². The van der Waals surface area contributed by atoms with Crippen molar-refractivity contribution in [2.75, 3.05) is 6.54 Å². The van der Waals surface area contributed by atoms with Crippen molar-refractivity contribution in [2.45, 2.75) is 39.3 Å². The number of carbonyl (C=O) groups is 1. The second kappa shape index (κ2) is 6.74. The SMILES string of the molecule is CC(C)(C)n1ncc2c1CCN(C(=O)/C=C/c1cccc([N+](=O)[O-])c1)C2. The molecular formula is C19H22N4O3. The van der Waals surface area contributed by atoms with Gasteiger partial charge < -0.3 is 4.90 Å². The molecule has 2 aromatic rings. The quantitative estimate of drug-likeness (QED) is 0.482. The molecule has 0 unspecified atom stereocenters. The molecule has 0 N–H and O–H groups in total. The van der Waals surface area contributed by atoms with Gasteiger partial charge in [0.15, 0.2) is 0 Å². The maximum absolute atomic E-state index is 12.5. The van der Waals surface area contributed by atoms with E-state index in [4.69, 9.17) is 0 Å². The highest BCUT2D eigenvalue weighted by Gasteiger charge is 2.26. The van der Waals surface area contributed by atoms with Crippen LogP contribution >= 0.6 is 0 Å². The number of nitro groups is 1. The number of carbonyl (C=O) groups excluding carboxylic acids is 1. The van der Waals surface area contributed by atoms with E-state index in [2.05, 4.69) is 25.9 Å². The molecule has 1 aliphatic heterocycles. The van der Waals surface area contributed by atoms with Gasteiger partial charge in [-0.15, -0.1) is 0 Å². The van der Waals surface area contributed by atoms with Crippen LogP contribution in [0.3, 0.4) is 0 Å². The minimum atomic E-state index is -0.446. The average Bonchev–Trinajstić information content (AvgIpc) is 3.03. The third-order valence-corrected chi connectivity index (χ3v) is 4.38. The van der Waals surface area contributed by atoms with Gasteiger partial charge in [-0.1, -0.05) is 12.1 Å². The predicted molar refractivity (Wildman–Crippen MR) is 98.5 cm³/mol. The van der Waals surface area contributed by atoms with Crippen LogP contribution in [0.1, 0.15) is 37.6 Å². The second-order valence-corrected chi connectivity index (χ2v) is 7.39. The van der Waals surface area contributed by atoms with Gasteiger partial charge in [-0.3, -0.25) is 19.6 Å². The number of nitro benzene ring substituents is 1. The molecule has 7 nitrogen and oxygen atoms in total. The molecule has 1 aromatic carbocycles. The van der Waals surface area contributed by atoms with E-state index < -0.39 is 4.92 Å². The van der Waals surface area contributed by atoms with E-state index in [1.54, 1.807) is 23.1 Å². The molecule has 0 atom stereocenters. The van der Waals surface area contributed by atoms with E-state index in [1.165, 1.54) is 23.9 Å². The lowest BCUT2D eigenvalue weighted by Crippen LogP contribution is -2.36. The van der Waals surface area contributed by atoms with Gasteiger partial charge in [0.05, 0.1) is 16.7 Å². The van der Waals surface area contributed by atoms with Gasteiger partial charge in [0, 0.05) is 49.0 Å². The Hall–Kier alpha value is -2.96. The zero-order valence-corrected chi connectivity index (χ0v) is 15.2. The Kier molecular flexibility index (Phi) is 4.63. The van der Waals surface area contributed by atoms with Crippen molar-refractivity contribution >= 4 is 17.7 Å². The number of rotatable bonds is 3. The Morgan fingerprint density at radius 3 is 2.81 bits per heavy atom. The highest BCUT2D eigenvalue weighted by molar-refractivity contribution is 5.92. The third kappa shape index (κ3) is 3.66. The molecule has 0 spiro atoms. The van der Waals surface area contributed by atoms with Crippen LogP contribution in [0.4, 0.5) is 5.69 Å². The molecule has 0 bridgehead atoms. The molecule has 1 amide bonds. The molecule has 0 saturated carbocycles. The summed E-state index contributed by atoms with van der Waals surface area (Å²) in [4.78, 5) is 24.6. The normalized spacial score (nSPS) is 14.5. The first-order chi connectivity index (χ1) is 12.3. The number of nitrogens with zero attached hydrogens (tertiary/aromatic N) is 4. The summed E-state index contributed by atoms with van der Waals surface area (Å²) in [6.07, 6.45) is 5.69. The summed E-state index contributed by atoms with van der Waals surface area (Å²) in [6.45, 7) is 7.50. The largest absolute Gasteiger partial charge is 0.334 e. The van der Waals surface area contributed by atoms with Gasteiger partial charge in [-0.05, 0) is 32.4 Å². The third-order valence-electron chi connectivity index (χ3n) is 4.38. The molecule has 3 rings (SSSR count). The lowest BCUT2D eigenvalue weighted by molar-refractivity contribution is -0.384. The summed E-state index contributed by atoms with van der Waals surface area (Å²) in [5.74, 6) is -0.106. The summed E-state index contributed by atoms with van der Waals surface area (Å²) >= 11 is 0. The zero-order chi connectivity index (χ0) is 18.9. The zero-order valence-electron chi connectivity index (χ0n) is 15.2. The van der Waals surface area contributed by atoms with Crippen molar-refractivity contribution in [3.05, 3.63) is 63.5 Å². The van der Waals surface area contributed by atoms with E-state index in [9.17, 15) is 14.9 Å². The number of hydrogen-bond acceptors (Lipinski definition) is 4. The highest BCUT2D eigenvalue weighted by Crippen LogP contribution is 2.24. The minimum Gasteiger partial charge on any atom is -0.334 e. The van der Waals surface area contributed by atoms with E-state index >= 15 is 0 Å². The second-order valence-electron chi connectivity index (χ2n) is 7.39. The van der Waals surface area contributed by atoms with Crippen LogP contribution in [-0.4, -0.2) is 32.1 Å². The number of benzene rings is 1. The van der Waals surface area contributed by atoms with Gasteiger partial charge in [-0.2, -0.15) is 5.10 Å². The number of aromatic nitrogens is 2. The first-order valence-electron chi connectivity index (χ1n) is 8.53. The van der Waals surface area contributed by atoms with Crippen LogP contribution in [0.25, 0.3) is 6.08 Å². The van der Waals surface area contributed by atoms with E-state index in [-0.39, 0.29) is 17.1 Å². The molecule has 26 heavy (non-hydrogen) atoms. The monoisotopic (exact) mass is 354 g/mol.